The molecule has 0 saturated carbocycles. The molecule has 0 spiro atoms. The Labute approximate surface area is 159 Å². The highest BCUT2D eigenvalue weighted by Gasteiger charge is 2.36. The van der Waals surface area contributed by atoms with Crippen LogP contribution >= 0.6 is 0 Å². The van der Waals surface area contributed by atoms with Gasteiger partial charge in [-0.15, -0.1) is 0 Å². The van der Waals surface area contributed by atoms with Crippen LogP contribution < -0.4 is 4.90 Å². The van der Waals surface area contributed by atoms with Crippen molar-refractivity contribution in [3.63, 3.8) is 0 Å². The molecule has 2 aromatic carbocycles. The summed E-state index contributed by atoms with van der Waals surface area (Å²) in [5, 5.41) is 12.1. The van der Waals surface area contributed by atoms with Gasteiger partial charge in [0.2, 0.25) is 5.91 Å². The van der Waals surface area contributed by atoms with Gasteiger partial charge in [0.15, 0.2) is 11.5 Å². The number of benzene rings is 2. The minimum absolute atomic E-state index is 0.163. The summed E-state index contributed by atoms with van der Waals surface area (Å²) in [4.78, 5) is 18.4. The fraction of sp³-hybridized carbons (Fsp3) is 0.200. The van der Waals surface area contributed by atoms with Gasteiger partial charge in [-0.1, -0.05) is 29.4 Å². The number of para-hydroxylation sites is 1. The van der Waals surface area contributed by atoms with Gasteiger partial charge < -0.3 is 9.42 Å². The molecule has 2 aromatic heterocycles. The van der Waals surface area contributed by atoms with Gasteiger partial charge in [-0.2, -0.15) is 10.1 Å². The number of halogens is 1. The Morgan fingerprint density at radius 3 is 2.96 bits per heavy atom. The van der Waals surface area contributed by atoms with Gasteiger partial charge in [0, 0.05) is 24.3 Å². The van der Waals surface area contributed by atoms with Crippen molar-refractivity contribution in [3.8, 4) is 11.6 Å². The molecule has 5 rings (SSSR count). The predicted molar refractivity (Wildman–Crippen MR) is 100 cm³/mol. The number of hydrogen-bond donors (Lipinski definition) is 1. The van der Waals surface area contributed by atoms with Gasteiger partial charge in [-0.25, -0.2) is 4.39 Å². The summed E-state index contributed by atoms with van der Waals surface area (Å²) in [6, 6.07) is 12.5. The Kier molecular flexibility index (Phi) is 3.71. The van der Waals surface area contributed by atoms with Gasteiger partial charge in [0.1, 0.15) is 5.82 Å². The number of aromatic amines is 1. The smallest absolute Gasteiger partial charge is 0.279 e. The zero-order valence-electron chi connectivity index (χ0n) is 15.0. The molecule has 1 saturated heterocycles. The monoisotopic (exact) mass is 377 g/mol. The molecule has 8 heteroatoms. The van der Waals surface area contributed by atoms with Gasteiger partial charge in [-0.05, 0) is 30.7 Å². The number of anilines is 1. The predicted octanol–water partition coefficient (Wildman–Crippen LogP) is 3.58. The Morgan fingerprint density at radius 1 is 1.25 bits per heavy atom. The molecule has 1 aliphatic heterocycles. The molecule has 140 valence electrons. The zero-order chi connectivity index (χ0) is 19.3. The molecule has 7 nitrogen and oxygen atoms in total. The van der Waals surface area contributed by atoms with Gasteiger partial charge in [0.25, 0.3) is 5.89 Å². The van der Waals surface area contributed by atoms with Crippen molar-refractivity contribution in [2.24, 2.45) is 0 Å². The van der Waals surface area contributed by atoms with Gasteiger partial charge >= 0.3 is 0 Å². The number of rotatable bonds is 3. The van der Waals surface area contributed by atoms with E-state index >= 15 is 0 Å². The number of fused-ring (bicyclic) bond motifs is 1. The molecule has 28 heavy (non-hydrogen) atoms. The lowest BCUT2D eigenvalue weighted by atomic mass is 10.1. The first kappa shape index (κ1) is 16.6. The number of aromatic nitrogens is 4. The van der Waals surface area contributed by atoms with Crippen molar-refractivity contribution < 1.29 is 13.7 Å². The van der Waals surface area contributed by atoms with Gasteiger partial charge in [-0.3, -0.25) is 9.89 Å². The first-order chi connectivity index (χ1) is 13.6. The summed E-state index contributed by atoms with van der Waals surface area (Å²) >= 11 is 0. The van der Waals surface area contributed by atoms with E-state index in [1.54, 1.807) is 19.1 Å². The number of amides is 1. The second-order valence-corrected chi connectivity index (χ2v) is 6.94. The number of carbonyl (C=O) groups excluding carboxylic acids is 1. The van der Waals surface area contributed by atoms with Crippen molar-refractivity contribution in [1.82, 2.24) is 20.3 Å². The maximum absolute atomic E-state index is 14.3. The molecule has 1 unspecified atom stereocenters. The van der Waals surface area contributed by atoms with E-state index in [1.165, 1.54) is 11.0 Å². The molecule has 1 amide bonds. The molecular weight excluding hydrogens is 361 g/mol. The Balaban J connectivity index is 1.43. The van der Waals surface area contributed by atoms with E-state index in [4.69, 9.17) is 4.52 Å². The first-order valence-corrected chi connectivity index (χ1v) is 8.94. The minimum Gasteiger partial charge on any atom is -0.332 e. The molecule has 1 aliphatic rings. The molecule has 0 radical (unpaired) electrons. The summed E-state index contributed by atoms with van der Waals surface area (Å²) in [5.74, 6) is -0.128. The molecule has 0 aliphatic carbocycles. The number of nitrogens with zero attached hydrogens (tertiary/aromatic N) is 4. The van der Waals surface area contributed by atoms with Crippen LogP contribution in [0.1, 0.15) is 23.7 Å². The lowest BCUT2D eigenvalue weighted by Crippen LogP contribution is -2.25. The van der Waals surface area contributed by atoms with Crippen molar-refractivity contribution in [2.75, 3.05) is 11.4 Å². The van der Waals surface area contributed by atoms with Crippen molar-refractivity contribution in [2.45, 2.75) is 19.3 Å². The van der Waals surface area contributed by atoms with E-state index in [9.17, 15) is 9.18 Å². The molecule has 1 atom stereocenters. The summed E-state index contributed by atoms with van der Waals surface area (Å²) in [6.07, 6.45) is 0.202. The minimum atomic E-state index is -0.411. The highest BCUT2D eigenvalue weighted by molar-refractivity contribution is 5.96. The number of carbonyl (C=O) groups is 1. The standard InChI is InChI=1S/C20H16FN5O2/c1-11-6-7-16(14(21)8-11)26-10-12(9-17(26)27)19-22-20(28-25-19)18-13-4-2-3-5-15(13)23-24-18/h2-8,12H,9-10H2,1H3,(H,23,24). The van der Waals surface area contributed by atoms with E-state index in [1.807, 2.05) is 24.3 Å². The summed E-state index contributed by atoms with van der Waals surface area (Å²) in [5.41, 5.74) is 2.52. The average Bonchev–Trinajstić information content (AvgIpc) is 3.39. The fourth-order valence-electron chi connectivity index (χ4n) is 3.57. The van der Waals surface area contributed by atoms with Crippen LogP contribution in [-0.4, -0.2) is 32.8 Å². The molecule has 0 bridgehead atoms. The zero-order valence-corrected chi connectivity index (χ0v) is 15.0. The summed E-state index contributed by atoms with van der Waals surface area (Å²) in [7, 11) is 0. The molecule has 3 heterocycles. The van der Waals surface area contributed by atoms with E-state index in [-0.39, 0.29) is 23.9 Å². The van der Waals surface area contributed by atoms with Crippen LogP contribution in [0.3, 0.4) is 0 Å². The molecule has 1 N–H and O–H groups in total. The second-order valence-electron chi connectivity index (χ2n) is 6.94. The van der Waals surface area contributed by atoms with E-state index in [0.717, 1.165) is 16.5 Å². The number of nitrogens with one attached hydrogen (secondary N) is 1. The van der Waals surface area contributed by atoms with Crippen LogP contribution in [0.15, 0.2) is 47.0 Å². The third-order valence-corrected chi connectivity index (χ3v) is 5.00. The van der Waals surface area contributed by atoms with Crippen molar-refractivity contribution in [1.29, 1.82) is 0 Å². The Morgan fingerprint density at radius 2 is 2.11 bits per heavy atom. The Hall–Kier alpha value is -3.55. The topological polar surface area (TPSA) is 87.9 Å². The highest BCUT2D eigenvalue weighted by Crippen LogP contribution is 2.33. The SMILES string of the molecule is Cc1ccc(N2CC(c3noc(-c4n[nH]c5ccccc45)n3)CC2=O)c(F)c1. The van der Waals surface area contributed by atoms with Crippen molar-refractivity contribution in [3.05, 3.63) is 59.7 Å². The highest BCUT2D eigenvalue weighted by atomic mass is 19.1. The molecule has 4 aromatic rings. The van der Waals surface area contributed by atoms with Crippen LogP contribution in [0.5, 0.6) is 0 Å². The quantitative estimate of drug-likeness (QED) is 0.590. The summed E-state index contributed by atoms with van der Waals surface area (Å²) in [6.45, 7) is 2.11. The maximum atomic E-state index is 14.3. The van der Waals surface area contributed by atoms with E-state index < -0.39 is 5.82 Å². The van der Waals surface area contributed by atoms with Crippen LogP contribution in [0.25, 0.3) is 22.5 Å². The van der Waals surface area contributed by atoms with Crippen LogP contribution in [0.2, 0.25) is 0 Å². The fourth-order valence-corrected chi connectivity index (χ4v) is 3.57. The second kappa shape index (κ2) is 6.26. The van der Waals surface area contributed by atoms with Crippen molar-refractivity contribution >= 4 is 22.5 Å². The normalized spacial score (nSPS) is 17.0. The van der Waals surface area contributed by atoms with Gasteiger partial charge in [0.05, 0.1) is 11.2 Å². The maximum Gasteiger partial charge on any atom is 0.279 e. The van der Waals surface area contributed by atoms with Crippen LogP contribution in [0, 0.1) is 12.7 Å². The molecule has 1 fully saturated rings. The number of H-pyrrole nitrogens is 1. The van der Waals surface area contributed by atoms with E-state index in [2.05, 4.69) is 20.3 Å². The van der Waals surface area contributed by atoms with E-state index in [0.29, 0.717) is 24.0 Å². The third-order valence-electron chi connectivity index (χ3n) is 5.00. The lowest BCUT2D eigenvalue weighted by molar-refractivity contribution is -0.117. The lowest BCUT2D eigenvalue weighted by Gasteiger charge is -2.17. The van der Waals surface area contributed by atoms with Crippen LogP contribution in [0.4, 0.5) is 10.1 Å². The third kappa shape index (κ3) is 2.65. The van der Waals surface area contributed by atoms with Crippen LogP contribution in [-0.2, 0) is 4.79 Å². The number of aryl methyl sites for hydroxylation is 1. The Bertz CT molecular complexity index is 1200. The average molecular weight is 377 g/mol. The largest absolute Gasteiger partial charge is 0.332 e. The first-order valence-electron chi connectivity index (χ1n) is 8.94. The summed E-state index contributed by atoms with van der Waals surface area (Å²) < 4.78 is 19.7. The number of hydrogen-bond acceptors (Lipinski definition) is 5. The molecular formula is C20H16FN5O2.